The van der Waals surface area contributed by atoms with Crippen molar-refractivity contribution in [2.75, 3.05) is 26.6 Å². The predicted octanol–water partition coefficient (Wildman–Crippen LogP) is 21.9. The number of halogens is 1. The van der Waals surface area contributed by atoms with Crippen molar-refractivity contribution in [3.05, 3.63) is 196 Å². The molecule has 0 bridgehead atoms. The number of aliphatic hydroxyl groups is 3. The van der Waals surface area contributed by atoms with Gasteiger partial charge in [-0.3, -0.25) is 55.1 Å². The quantitative estimate of drug-likeness (QED) is 0.0292. The monoisotopic (exact) mass is 1790 g/mol. The molecule has 7 aliphatic carbocycles. The number of nitrogens with zero attached hydrogens (tertiary/aromatic N) is 16. The Balaban J connectivity index is 0.000000127. The molecule has 6 aromatic heterocycles. The summed E-state index contributed by atoms with van der Waals surface area (Å²) in [6.45, 7) is 37.2. The number of pyridine rings is 1. The van der Waals surface area contributed by atoms with E-state index in [0.717, 1.165) is 172 Å². The van der Waals surface area contributed by atoms with E-state index in [1.54, 1.807) is 92.1 Å². The summed E-state index contributed by atoms with van der Waals surface area (Å²) in [6, 6.07) is 44.1. The van der Waals surface area contributed by atoms with Gasteiger partial charge in [-0.05, 0) is 250 Å². The third-order valence-corrected chi connectivity index (χ3v) is 28.2. The molecule has 0 aliphatic heterocycles. The van der Waals surface area contributed by atoms with Gasteiger partial charge in [0.25, 0.3) is 0 Å². The maximum Gasteiger partial charge on any atom is 0.230 e. The Kier molecular flexibility index (Phi) is 28.2. The van der Waals surface area contributed by atoms with Gasteiger partial charge in [0.1, 0.15) is 11.6 Å². The summed E-state index contributed by atoms with van der Waals surface area (Å²) in [5, 5.41) is 65.2. The van der Waals surface area contributed by atoms with Gasteiger partial charge in [-0.1, -0.05) is 115 Å². The number of carbonyl (C=O) groups is 5. The van der Waals surface area contributed by atoms with Gasteiger partial charge in [0.15, 0.2) is 17.1 Å². The third kappa shape index (κ3) is 21.5. The van der Waals surface area contributed by atoms with Crippen molar-refractivity contribution < 1.29 is 43.7 Å². The van der Waals surface area contributed by atoms with Gasteiger partial charge in [-0.25, -0.2) is 48.8 Å². The smallest absolute Gasteiger partial charge is 0.230 e. The highest BCUT2D eigenvalue weighted by Crippen LogP contribution is 2.47. The number of fused-ring (bicyclic) bond motifs is 5. The Morgan fingerprint density at radius 1 is 0.459 bits per heavy atom. The number of nitriles is 2. The van der Waals surface area contributed by atoms with Crippen molar-refractivity contribution in [1.29, 1.82) is 10.5 Å². The fraction of sp³-hybridized carbons (Fsp3) is 0.456. The lowest BCUT2D eigenvalue weighted by atomic mass is 9.72. The minimum absolute atomic E-state index is 0.0149. The van der Waals surface area contributed by atoms with Gasteiger partial charge < -0.3 is 33.6 Å². The molecule has 6 heterocycles. The summed E-state index contributed by atoms with van der Waals surface area (Å²) in [4.78, 5) is 101. The van der Waals surface area contributed by atoms with Gasteiger partial charge in [0.2, 0.25) is 59.3 Å². The first-order valence-electron chi connectivity index (χ1n) is 46.6. The number of amides is 5. The summed E-state index contributed by atoms with van der Waals surface area (Å²) < 4.78 is 23.3. The molecule has 30 heteroatoms. The largest absolute Gasteiger partial charge is 0.389 e. The molecule has 29 nitrogen and oxygen atoms in total. The first kappa shape index (κ1) is 94.1. The Morgan fingerprint density at radius 2 is 0.820 bits per heavy atom. The number of hydrogen-bond donors (Lipinski definition) is 8. The van der Waals surface area contributed by atoms with E-state index in [-0.39, 0.29) is 77.4 Å². The molecule has 7 aliphatic rings. The van der Waals surface area contributed by atoms with Crippen LogP contribution in [0, 0.1) is 76.8 Å². The maximum absolute atomic E-state index is 13.4. The number of carbonyl (C=O) groups excluding carboxylic acids is 5. The van der Waals surface area contributed by atoms with Gasteiger partial charge in [0, 0.05) is 36.5 Å². The number of anilines is 5. The Bertz CT molecular complexity index is 6560. The van der Waals surface area contributed by atoms with E-state index in [0.29, 0.717) is 105 Å². The minimum atomic E-state index is -1.38. The molecule has 3 unspecified atom stereocenters. The third-order valence-electron chi connectivity index (χ3n) is 28.2. The summed E-state index contributed by atoms with van der Waals surface area (Å²) in [5.41, 5.74) is 8.05. The molecule has 6 aromatic carbocycles. The normalized spacial score (nSPS) is 17.6. The highest BCUT2D eigenvalue weighted by atomic mass is 19.1. The SMILES string of the molecule is CC(C(=O)Nc1nc2ccc(C#N)cc2n1C1CCC1)C(C)(C)C.CC(O)(CC(=O)Nc1nc2ccc(C#N)cc2n1C1CCC1)C1CCC1.[C-]#[N+]c1ccc2nc(NC(=O)CC(C)(O)C3CCCC3)n(C3CCC3)c2c1.[C-]#[N+]c1ccc2nc(NC(=O)CC3(C)CCCC3)n(C3CCC3)c2c1.[C-]#[N+]c1ccc2nc(NC(=O)C[C@](C)(O)c3ccccc3)n(-c3ccc(F)cn3)c2c1. The second-order valence-electron chi connectivity index (χ2n) is 39.1. The molecule has 0 radical (unpaired) electrons. The molecule has 4 atom stereocenters. The zero-order chi connectivity index (χ0) is 94.3. The van der Waals surface area contributed by atoms with Crippen molar-refractivity contribution in [3.63, 3.8) is 0 Å². The molecule has 0 saturated heterocycles. The summed E-state index contributed by atoms with van der Waals surface area (Å²) in [7, 11) is 0. The molecule has 688 valence electrons. The zero-order valence-electron chi connectivity index (χ0n) is 76.8. The number of nitrogens with one attached hydrogen (secondary N) is 5. The van der Waals surface area contributed by atoms with Gasteiger partial charge in [-0.2, -0.15) is 10.5 Å². The second kappa shape index (κ2) is 39.9. The zero-order valence-corrected chi connectivity index (χ0v) is 76.8. The number of rotatable bonds is 22. The molecular weight excluding hydrogens is 1680 g/mol. The van der Waals surface area contributed by atoms with Gasteiger partial charge >= 0.3 is 0 Å². The van der Waals surface area contributed by atoms with E-state index in [1.165, 1.54) is 37.8 Å². The molecule has 5 amide bonds. The lowest BCUT2D eigenvalue weighted by molar-refractivity contribution is -0.125. The van der Waals surface area contributed by atoms with Crippen molar-refractivity contribution in [2.24, 2.45) is 28.6 Å². The Labute approximate surface area is 773 Å². The highest BCUT2D eigenvalue weighted by molar-refractivity contribution is 5.97. The van der Waals surface area contributed by atoms with Crippen LogP contribution in [0.3, 0.4) is 0 Å². The molecule has 12 aromatic rings. The average Bonchev–Trinajstić information content (AvgIpc) is 1.65. The molecule has 0 spiro atoms. The maximum atomic E-state index is 13.4. The molecule has 19 rings (SSSR count). The van der Waals surface area contributed by atoms with E-state index in [9.17, 15) is 48.9 Å². The molecule has 133 heavy (non-hydrogen) atoms. The Hall–Kier alpha value is -13.6. The van der Waals surface area contributed by atoms with E-state index >= 15 is 0 Å². The van der Waals surface area contributed by atoms with Crippen LogP contribution in [0.1, 0.15) is 270 Å². The first-order chi connectivity index (χ1) is 63.7. The van der Waals surface area contributed by atoms with Crippen LogP contribution in [-0.2, 0) is 29.6 Å². The summed E-state index contributed by atoms with van der Waals surface area (Å²) in [5.74, 6) is 1.74. The van der Waals surface area contributed by atoms with Crippen molar-refractivity contribution in [1.82, 2.24) is 52.7 Å². The van der Waals surface area contributed by atoms with Gasteiger partial charge in [0.05, 0.1) is 140 Å². The lowest BCUT2D eigenvalue weighted by Crippen LogP contribution is -2.42. The summed E-state index contributed by atoms with van der Waals surface area (Å²) in [6.07, 6.45) is 26.9. The van der Waals surface area contributed by atoms with Crippen molar-refractivity contribution in [3.8, 4) is 18.0 Å². The molecular formula is C103H116FN21O8. The Morgan fingerprint density at radius 3 is 1.20 bits per heavy atom. The standard InChI is InChI=1S/C23H18FN5O2.C21H26N4O2.C20H24N4O2.C20H24N4O.C19H24N4O/c1-23(31,15-6-4-3-5-7-15)13-21(30)28-22-27-18-10-9-17(25-2)12-19(18)29(22)20-11-8-16(24)14-26-20;1-21(27,14-6-3-4-7-14)13-19(26)24-20-23-17-11-10-15(22-2)12-18(17)25(20)16-8-5-9-16;1-20(26,14-4-2-5-14)11-18(25)23-19-22-16-9-8-13(12-21)10-17(16)24(19)15-6-3-7-15;1-20(10-3-4-11-20)13-18(25)23-19-22-16-9-8-14(21-2)12-17(16)24(19)15-6-5-7-15;1-12(19(2,3)4)17(24)22-18-21-15-9-8-13(11-20)10-16(15)23(18)14-6-5-7-14/h3-12,14,31H,13H2,1H3,(H,27,28,30);10-12,14,16,27H,3-9,13H2,1H3,(H,23,24,26);8-10,14-15,26H,2-7,11H2,1H3,(H,22,23,25);8-9,12,15H,3-7,10-11,13H2,1H3,(H,22,23,25);8-10,12,14H,5-7H2,1-4H3,(H,21,22,24)/t23-;;;;/m0..../s1. The molecule has 7 fully saturated rings. The van der Waals surface area contributed by atoms with E-state index in [2.05, 4.69) is 129 Å². The number of benzene rings is 6. The van der Waals surface area contributed by atoms with Crippen LogP contribution >= 0.6 is 0 Å². The fourth-order valence-corrected chi connectivity index (χ4v) is 18.8. The van der Waals surface area contributed by atoms with E-state index in [1.807, 2.05) is 61.5 Å². The van der Waals surface area contributed by atoms with E-state index < -0.39 is 28.5 Å². The molecule has 8 N–H and O–H groups in total. The number of aromatic nitrogens is 11. The van der Waals surface area contributed by atoms with Crippen LogP contribution in [0.2, 0.25) is 0 Å². The summed E-state index contributed by atoms with van der Waals surface area (Å²) >= 11 is 0. The van der Waals surface area contributed by atoms with Crippen molar-refractivity contribution >= 4 is 132 Å². The van der Waals surface area contributed by atoms with Crippen molar-refractivity contribution in [2.45, 2.75) is 270 Å². The highest BCUT2D eigenvalue weighted by Gasteiger charge is 2.41. The van der Waals surface area contributed by atoms with Crippen LogP contribution in [0.4, 0.5) is 51.2 Å². The number of hydrogen-bond acceptors (Lipinski definition) is 16. The van der Waals surface area contributed by atoms with Crippen LogP contribution in [0.15, 0.2) is 140 Å². The van der Waals surface area contributed by atoms with Crippen LogP contribution in [0.25, 0.3) is 75.5 Å². The minimum Gasteiger partial charge on any atom is -0.389 e. The second-order valence-corrected chi connectivity index (χ2v) is 39.1. The van der Waals surface area contributed by atoms with Crippen LogP contribution in [0.5, 0.6) is 0 Å². The molecule has 7 saturated carbocycles. The topological polar surface area (TPSA) is 369 Å². The van der Waals surface area contributed by atoms with Gasteiger partial charge in [-0.15, -0.1) is 0 Å². The van der Waals surface area contributed by atoms with E-state index in [4.69, 9.17) is 25.0 Å². The van der Waals surface area contributed by atoms with Crippen LogP contribution < -0.4 is 26.6 Å². The predicted molar refractivity (Wildman–Crippen MR) is 511 cm³/mol. The average molecular weight is 1800 g/mol. The lowest BCUT2D eigenvalue weighted by Gasteiger charge is -2.38. The fourth-order valence-electron chi connectivity index (χ4n) is 18.8. The first-order valence-corrected chi connectivity index (χ1v) is 46.6. The van der Waals surface area contributed by atoms with Crippen LogP contribution in [-0.4, -0.2) is 109 Å². The number of imidazole rings is 5.